The third kappa shape index (κ3) is 6.67. The summed E-state index contributed by atoms with van der Waals surface area (Å²) in [4.78, 5) is 68.5. The largest absolute Gasteiger partial charge is 0.478 e. The molecule has 41 heavy (non-hydrogen) atoms. The second kappa shape index (κ2) is 12.0. The molecule has 4 rings (SSSR count). The Hall–Kier alpha value is -4.41. The zero-order valence-corrected chi connectivity index (χ0v) is 23.5. The number of primary amides is 1. The van der Waals surface area contributed by atoms with Crippen molar-refractivity contribution in [3.8, 4) is 0 Å². The first kappa shape index (κ1) is 29.6. The number of anilines is 1. The van der Waals surface area contributed by atoms with E-state index in [4.69, 9.17) is 10.5 Å². The Kier molecular flexibility index (Phi) is 8.65. The molecule has 0 spiro atoms. The number of aromatic carboxylic acids is 1. The second-order valence-electron chi connectivity index (χ2n) is 11.4. The number of nitrogens with one attached hydrogen (secondary N) is 1. The molecule has 0 saturated carbocycles. The number of ether oxygens (including phenoxy) is 1. The minimum atomic E-state index is -1.30. The second-order valence-corrected chi connectivity index (χ2v) is 11.4. The van der Waals surface area contributed by atoms with Crippen molar-refractivity contribution in [3.63, 3.8) is 0 Å². The molecule has 0 bridgehead atoms. The topological polar surface area (TPSA) is 159 Å². The summed E-state index contributed by atoms with van der Waals surface area (Å²) in [5, 5.41) is 12.2. The number of carbonyl (C=O) groups is 5. The van der Waals surface area contributed by atoms with Crippen molar-refractivity contribution in [3.05, 3.63) is 65.2 Å². The fourth-order valence-corrected chi connectivity index (χ4v) is 5.70. The van der Waals surface area contributed by atoms with Crippen molar-refractivity contribution in [2.75, 3.05) is 18.4 Å². The lowest BCUT2D eigenvalue weighted by molar-refractivity contribution is -0.164. The summed E-state index contributed by atoms with van der Waals surface area (Å²) in [5.41, 5.74) is 5.04. The highest BCUT2D eigenvalue weighted by Gasteiger charge is 2.52. The number of likely N-dealkylation sites (tertiary alicyclic amines) is 2. The van der Waals surface area contributed by atoms with Crippen molar-refractivity contribution in [2.24, 2.45) is 11.7 Å². The highest BCUT2D eigenvalue weighted by atomic mass is 16.6. The molecule has 2 heterocycles. The van der Waals surface area contributed by atoms with E-state index in [1.807, 2.05) is 6.07 Å². The molecule has 11 nitrogen and oxygen atoms in total. The lowest BCUT2D eigenvalue weighted by Gasteiger charge is -2.33. The minimum Gasteiger partial charge on any atom is -0.478 e. The lowest BCUT2D eigenvalue weighted by atomic mass is 9.91. The molecule has 2 aliphatic heterocycles. The number of nitrogens with zero attached hydrogens (tertiary/aromatic N) is 2. The molecule has 2 saturated heterocycles. The van der Waals surface area contributed by atoms with Crippen LogP contribution in [0.5, 0.6) is 0 Å². The lowest BCUT2D eigenvalue weighted by Crippen LogP contribution is -2.45. The van der Waals surface area contributed by atoms with Crippen molar-refractivity contribution < 1.29 is 33.8 Å². The van der Waals surface area contributed by atoms with Gasteiger partial charge in [0.2, 0.25) is 11.8 Å². The van der Waals surface area contributed by atoms with Crippen LogP contribution in [0.25, 0.3) is 0 Å². The molecule has 218 valence electrons. The monoisotopic (exact) mass is 564 g/mol. The van der Waals surface area contributed by atoms with Crippen LogP contribution in [-0.4, -0.2) is 69.4 Å². The van der Waals surface area contributed by atoms with Gasteiger partial charge in [0.1, 0.15) is 11.6 Å². The molecule has 4 amide bonds. The highest BCUT2D eigenvalue weighted by molar-refractivity contribution is 5.98. The summed E-state index contributed by atoms with van der Waals surface area (Å²) >= 11 is 0. The number of rotatable bonds is 7. The number of amides is 4. The van der Waals surface area contributed by atoms with Gasteiger partial charge < -0.3 is 30.7 Å². The van der Waals surface area contributed by atoms with Crippen LogP contribution in [0.15, 0.2) is 48.5 Å². The highest BCUT2D eigenvalue weighted by Crippen LogP contribution is 2.44. The van der Waals surface area contributed by atoms with E-state index in [-0.39, 0.29) is 29.1 Å². The minimum absolute atomic E-state index is 0.0351. The van der Waals surface area contributed by atoms with Crippen molar-refractivity contribution in [1.82, 2.24) is 9.80 Å². The van der Waals surface area contributed by atoms with E-state index >= 15 is 0 Å². The van der Waals surface area contributed by atoms with Gasteiger partial charge in [-0.2, -0.15) is 0 Å². The van der Waals surface area contributed by atoms with Gasteiger partial charge >= 0.3 is 18.0 Å². The third-order valence-electron chi connectivity index (χ3n) is 7.33. The summed E-state index contributed by atoms with van der Waals surface area (Å²) in [6.07, 6.45) is 1.36. The maximum absolute atomic E-state index is 14.2. The van der Waals surface area contributed by atoms with Crippen LogP contribution in [0.3, 0.4) is 0 Å². The molecule has 0 radical (unpaired) electrons. The van der Waals surface area contributed by atoms with E-state index in [1.165, 1.54) is 23.1 Å². The van der Waals surface area contributed by atoms with Crippen LogP contribution in [0.1, 0.15) is 67.6 Å². The first-order valence-corrected chi connectivity index (χ1v) is 13.7. The number of hydrogen-bond acceptors (Lipinski definition) is 6. The maximum atomic E-state index is 14.2. The molecular weight excluding hydrogens is 528 g/mol. The first-order chi connectivity index (χ1) is 19.4. The summed E-state index contributed by atoms with van der Waals surface area (Å²) in [7, 11) is 0. The molecule has 2 aromatic rings. The average molecular weight is 565 g/mol. The van der Waals surface area contributed by atoms with Crippen LogP contribution in [0.2, 0.25) is 0 Å². The number of nitrogens with two attached hydrogens (primary N) is 1. The van der Waals surface area contributed by atoms with E-state index < -0.39 is 53.9 Å². The van der Waals surface area contributed by atoms with Crippen molar-refractivity contribution >= 4 is 35.5 Å². The Balaban J connectivity index is 1.81. The van der Waals surface area contributed by atoms with Gasteiger partial charge in [0.25, 0.3) is 0 Å². The Morgan fingerprint density at radius 2 is 1.66 bits per heavy atom. The smallest absolute Gasteiger partial charge is 0.336 e. The third-order valence-corrected chi connectivity index (χ3v) is 7.33. The Morgan fingerprint density at radius 3 is 2.24 bits per heavy atom. The van der Waals surface area contributed by atoms with Crippen molar-refractivity contribution in [1.29, 1.82) is 0 Å². The fourth-order valence-electron chi connectivity index (χ4n) is 5.70. The SMILES string of the molecule is CC(C)(C)OC(=O)C1CC(C(=O)N2CCCC2)C(c2ccccc2)N1C(=O)Cc1c(NC(N)=O)cccc1C(=O)O. The number of benzene rings is 2. The zero-order valence-electron chi connectivity index (χ0n) is 23.5. The van der Waals surface area contributed by atoms with Gasteiger partial charge in [0.05, 0.1) is 23.9 Å². The summed E-state index contributed by atoms with van der Waals surface area (Å²) in [6, 6.07) is 10.4. The molecule has 0 aromatic heterocycles. The van der Waals surface area contributed by atoms with Crippen molar-refractivity contribution in [2.45, 2.75) is 64.1 Å². The normalized spacial score (nSPS) is 20.5. The van der Waals surface area contributed by atoms with Crippen LogP contribution in [0, 0.1) is 5.92 Å². The van der Waals surface area contributed by atoms with Gasteiger partial charge in [0, 0.05) is 18.8 Å². The van der Waals surface area contributed by atoms with Gasteiger partial charge in [-0.25, -0.2) is 14.4 Å². The molecule has 3 unspecified atom stereocenters. The number of carboxylic acid groups (broad SMARTS) is 1. The summed E-state index contributed by atoms with van der Waals surface area (Å²) < 4.78 is 5.70. The number of hydrogen-bond donors (Lipinski definition) is 3. The molecule has 4 N–H and O–H groups in total. The molecule has 11 heteroatoms. The zero-order chi connectivity index (χ0) is 29.9. The standard InChI is InChI=1S/C30H36N4O7/c1-30(2,3)41-28(39)23-16-21(26(36)33-14-7-8-15-33)25(18-10-5-4-6-11-18)34(23)24(35)17-20-19(27(37)38)12-9-13-22(20)32-29(31)40/h4-6,9-13,21,23,25H,7-8,14-17H2,1-3H3,(H,37,38)(H3,31,32,40). The van der Waals surface area contributed by atoms with Crippen LogP contribution in [0.4, 0.5) is 10.5 Å². The molecule has 2 fully saturated rings. The molecule has 2 aliphatic rings. The quantitative estimate of drug-likeness (QED) is 0.435. The summed E-state index contributed by atoms with van der Waals surface area (Å²) in [6.45, 7) is 6.38. The number of carboxylic acids is 1. The van der Waals surface area contributed by atoms with E-state index in [0.717, 1.165) is 12.8 Å². The summed E-state index contributed by atoms with van der Waals surface area (Å²) in [5.74, 6) is -3.39. The molecular formula is C30H36N4O7. The van der Waals surface area contributed by atoms with Crippen LogP contribution < -0.4 is 11.1 Å². The molecule has 3 atom stereocenters. The Morgan fingerprint density at radius 1 is 1.00 bits per heavy atom. The van der Waals surface area contributed by atoms with Crippen LogP contribution >= 0.6 is 0 Å². The van der Waals surface area contributed by atoms with E-state index in [2.05, 4.69) is 5.32 Å². The fraction of sp³-hybridized carbons (Fsp3) is 0.433. The number of urea groups is 1. The van der Waals surface area contributed by atoms with Gasteiger partial charge in [-0.3, -0.25) is 9.59 Å². The Bertz CT molecular complexity index is 1330. The average Bonchev–Trinajstić information content (AvgIpc) is 3.57. The van der Waals surface area contributed by atoms with E-state index in [9.17, 15) is 29.1 Å². The van der Waals surface area contributed by atoms with Crippen LogP contribution in [-0.2, 0) is 25.5 Å². The van der Waals surface area contributed by atoms with Gasteiger partial charge in [-0.05, 0) is 63.3 Å². The van der Waals surface area contributed by atoms with Gasteiger partial charge in [0.15, 0.2) is 0 Å². The molecule has 2 aromatic carbocycles. The Labute approximate surface area is 238 Å². The first-order valence-electron chi connectivity index (χ1n) is 13.7. The maximum Gasteiger partial charge on any atom is 0.336 e. The van der Waals surface area contributed by atoms with E-state index in [0.29, 0.717) is 18.7 Å². The van der Waals surface area contributed by atoms with Gasteiger partial charge in [-0.1, -0.05) is 36.4 Å². The predicted octanol–water partition coefficient (Wildman–Crippen LogP) is 3.34. The van der Waals surface area contributed by atoms with Gasteiger partial charge in [-0.15, -0.1) is 0 Å². The number of carbonyl (C=O) groups excluding carboxylic acids is 4. The molecule has 0 aliphatic carbocycles. The van der Waals surface area contributed by atoms with E-state index in [1.54, 1.807) is 49.9 Å². The number of esters is 1. The predicted molar refractivity (Wildman–Crippen MR) is 150 cm³/mol.